The molecule has 0 aliphatic heterocycles. The molecule has 0 spiro atoms. The topological polar surface area (TPSA) is 68.0 Å². The summed E-state index contributed by atoms with van der Waals surface area (Å²) >= 11 is 3.42. The Bertz CT molecular complexity index is 623. The molecule has 2 aromatic rings. The number of aryl methyl sites for hydroxylation is 1. The molecule has 1 amide bonds. The van der Waals surface area contributed by atoms with Crippen LogP contribution < -0.4 is 11.1 Å². The van der Waals surface area contributed by atoms with E-state index in [0.29, 0.717) is 11.4 Å². The minimum atomic E-state index is -0.158. The van der Waals surface area contributed by atoms with Gasteiger partial charge in [-0.1, -0.05) is 28.1 Å². The zero-order valence-electron chi connectivity index (χ0n) is 11.4. The Morgan fingerprint density at radius 3 is 2.75 bits per heavy atom. The number of nitrogen functional groups attached to an aromatic ring is 1. The number of hydrogen-bond acceptors (Lipinski definition) is 3. The van der Waals surface area contributed by atoms with Crippen molar-refractivity contribution in [3.05, 3.63) is 57.7 Å². The summed E-state index contributed by atoms with van der Waals surface area (Å²) in [5.74, 6) is 0.194. The van der Waals surface area contributed by atoms with Gasteiger partial charge in [0.05, 0.1) is 6.04 Å². The Kier molecular flexibility index (Phi) is 4.39. The number of nitrogens with one attached hydrogen (secondary N) is 1. The molecular formula is C15H16BrN3O. The molecule has 0 aliphatic carbocycles. The van der Waals surface area contributed by atoms with Gasteiger partial charge in [0.25, 0.3) is 5.91 Å². The van der Waals surface area contributed by atoms with Gasteiger partial charge in [0.1, 0.15) is 5.82 Å². The summed E-state index contributed by atoms with van der Waals surface area (Å²) in [5, 5.41) is 2.95. The number of carbonyl (C=O) groups is 1. The normalized spacial score (nSPS) is 11.9. The average molecular weight is 334 g/mol. The molecule has 0 aliphatic rings. The average Bonchev–Trinajstić information content (AvgIpc) is 2.37. The van der Waals surface area contributed by atoms with Crippen LogP contribution in [0.1, 0.15) is 34.6 Å². The second-order valence-electron chi connectivity index (χ2n) is 4.67. The second-order valence-corrected chi connectivity index (χ2v) is 5.59. The van der Waals surface area contributed by atoms with Gasteiger partial charge in [0.15, 0.2) is 0 Å². The highest BCUT2D eigenvalue weighted by Gasteiger charge is 2.12. The van der Waals surface area contributed by atoms with Gasteiger partial charge < -0.3 is 11.1 Å². The van der Waals surface area contributed by atoms with Gasteiger partial charge in [-0.15, -0.1) is 0 Å². The van der Waals surface area contributed by atoms with E-state index in [2.05, 4.69) is 26.2 Å². The van der Waals surface area contributed by atoms with E-state index in [9.17, 15) is 4.79 Å². The fourth-order valence-electron chi connectivity index (χ4n) is 1.96. The van der Waals surface area contributed by atoms with Crippen molar-refractivity contribution < 1.29 is 4.79 Å². The van der Waals surface area contributed by atoms with E-state index < -0.39 is 0 Å². The van der Waals surface area contributed by atoms with Crippen LogP contribution in [0.25, 0.3) is 0 Å². The van der Waals surface area contributed by atoms with Crippen LogP contribution in [-0.2, 0) is 0 Å². The number of halogens is 1. The Morgan fingerprint density at radius 2 is 2.10 bits per heavy atom. The van der Waals surface area contributed by atoms with Gasteiger partial charge in [-0.2, -0.15) is 0 Å². The van der Waals surface area contributed by atoms with Crippen LogP contribution in [0.3, 0.4) is 0 Å². The molecule has 1 unspecified atom stereocenters. The summed E-state index contributed by atoms with van der Waals surface area (Å²) in [6, 6.07) is 11.1. The highest BCUT2D eigenvalue weighted by molar-refractivity contribution is 9.10. The summed E-state index contributed by atoms with van der Waals surface area (Å²) < 4.78 is 0.986. The van der Waals surface area contributed by atoms with E-state index in [4.69, 9.17) is 5.73 Å². The van der Waals surface area contributed by atoms with Crippen molar-refractivity contribution in [2.45, 2.75) is 19.9 Å². The van der Waals surface area contributed by atoms with Crippen LogP contribution >= 0.6 is 15.9 Å². The first-order valence-electron chi connectivity index (χ1n) is 6.26. The molecule has 0 radical (unpaired) electrons. The molecule has 20 heavy (non-hydrogen) atoms. The van der Waals surface area contributed by atoms with Crippen LogP contribution in [0.5, 0.6) is 0 Å². The van der Waals surface area contributed by atoms with Crippen molar-refractivity contribution in [2.75, 3.05) is 5.73 Å². The van der Waals surface area contributed by atoms with Gasteiger partial charge in [-0.05, 0) is 43.7 Å². The van der Waals surface area contributed by atoms with Crippen molar-refractivity contribution in [1.82, 2.24) is 10.3 Å². The summed E-state index contributed by atoms with van der Waals surface area (Å²) in [7, 11) is 0. The molecule has 0 bridgehead atoms. The van der Waals surface area contributed by atoms with Crippen LogP contribution in [0, 0.1) is 6.92 Å². The van der Waals surface area contributed by atoms with Crippen molar-refractivity contribution >= 4 is 27.7 Å². The summed E-state index contributed by atoms with van der Waals surface area (Å²) in [6.45, 7) is 3.75. The Labute approximate surface area is 126 Å². The maximum absolute atomic E-state index is 12.2. The lowest BCUT2D eigenvalue weighted by Gasteiger charge is -2.15. The fraction of sp³-hybridized carbons (Fsp3) is 0.200. The Balaban J connectivity index is 2.15. The third-order valence-corrected chi connectivity index (χ3v) is 3.42. The van der Waals surface area contributed by atoms with E-state index >= 15 is 0 Å². The number of benzene rings is 1. The second kappa shape index (κ2) is 6.05. The zero-order valence-corrected chi connectivity index (χ0v) is 12.9. The monoisotopic (exact) mass is 333 g/mol. The quantitative estimate of drug-likeness (QED) is 0.906. The summed E-state index contributed by atoms with van der Waals surface area (Å²) in [4.78, 5) is 16.3. The Hall–Kier alpha value is -1.88. The van der Waals surface area contributed by atoms with E-state index in [0.717, 1.165) is 15.7 Å². The van der Waals surface area contributed by atoms with Gasteiger partial charge >= 0.3 is 0 Å². The maximum atomic E-state index is 12.2. The predicted octanol–water partition coefficient (Wildman–Crippen LogP) is 3.23. The van der Waals surface area contributed by atoms with Gasteiger partial charge in [0.2, 0.25) is 0 Å². The SMILES string of the molecule is Cc1cc(C(=O)NC(C)c2cccc(Br)c2)cc(N)n1. The molecular weight excluding hydrogens is 318 g/mol. The van der Waals surface area contributed by atoms with Crippen LogP contribution in [0.2, 0.25) is 0 Å². The number of amides is 1. The molecule has 0 saturated heterocycles. The smallest absolute Gasteiger partial charge is 0.251 e. The third-order valence-electron chi connectivity index (χ3n) is 2.93. The van der Waals surface area contributed by atoms with E-state index in [1.165, 1.54) is 0 Å². The van der Waals surface area contributed by atoms with Gasteiger partial charge in [0, 0.05) is 15.7 Å². The van der Waals surface area contributed by atoms with Crippen molar-refractivity contribution in [3.63, 3.8) is 0 Å². The molecule has 4 nitrogen and oxygen atoms in total. The third kappa shape index (κ3) is 3.57. The van der Waals surface area contributed by atoms with E-state index in [-0.39, 0.29) is 11.9 Å². The first-order valence-corrected chi connectivity index (χ1v) is 7.05. The standard InChI is InChI=1S/C15H16BrN3O/c1-9-6-12(8-14(17)18-9)15(20)19-10(2)11-4-3-5-13(16)7-11/h3-8,10H,1-2H3,(H2,17,18)(H,19,20). The van der Waals surface area contributed by atoms with E-state index in [1.54, 1.807) is 12.1 Å². The van der Waals surface area contributed by atoms with Crippen molar-refractivity contribution in [1.29, 1.82) is 0 Å². The number of nitrogens with two attached hydrogens (primary N) is 1. The molecule has 1 aromatic heterocycles. The molecule has 1 heterocycles. The van der Waals surface area contributed by atoms with Gasteiger partial charge in [-0.25, -0.2) is 4.98 Å². The summed E-state index contributed by atoms with van der Waals surface area (Å²) in [5.41, 5.74) is 7.95. The van der Waals surface area contributed by atoms with Crippen LogP contribution in [0.15, 0.2) is 40.9 Å². The molecule has 2 rings (SSSR count). The predicted molar refractivity (Wildman–Crippen MR) is 83.4 cm³/mol. The first kappa shape index (κ1) is 14.5. The number of hydrogen-bond donors (Lipinski definition) is 2. The van der Waals surface area contributed by atoms with E-state index in [1.807, 2.05) is 38.1 Å². The lowest BCUT2D eigenvalue weighted by molar-refractivity contribution is 0.0939. The minimum Gasteiger partial charge on any atom is -0.384 e. The number of aromatic nitrogens is 1. The largest absolute Gasteiger partial charge is 0.384 e. The molecule has 5 heteroatoms. The number of pyridine rings is 1. The molecule has 1 aromatic carbocycles. The molecule has 0 fully saturated rings. The lowest BCUT2D eigenvalue weighted by Crippen LogP contribution is -2.26. The van der Waals surface area contributed by atoms with Crippen LogP contribution in [-0.4, -0.2) is 10.9 Å². The molecule has 0 saturated carbocycles. The van der Waals surface area contributed by atoms with Crippen molar-refractivity contribution in [3.8, 4) is 0 Å². The molecule has 3 N–H and O–H groups in total. The minimum absolute atomic E-state index is 0.0882. The maximum Gasteiger partial charge on any atom is 0.251 e. The number of rotatable bonds is 3. The number of nitrogens with zero attached hydrogens (tertiary/aromatic N) is 1. The highest BCUT2D eigenvalue weighted by atomic mass is 79.9. The zero-order chi connectivity index (χ0) is 14.7. The fourth-order valence-corrected chi connectivity index (χ4v) is 2.38. The lowest BCUT2D eigenvalue weighted by atomic mass is 10.1. The summed E-state index contributed by atoms with van der Waals surface area (Å²) in [6.07, 6.45) is 0. The molecule has 1 atom stereocenters. The highest BCUT2D eigenvalue weighted by Crippen LogP contribution is 2.18. The first-order chi connectivity index (χ1) is 9.45. The molecule has 104 valence electrons. The van der Waals surface area contributed by atoms with Crippen LogP contribution in [0.4, 0.5) is 5.82 Å². The Morgan fingerprint density at radius 1 is 1.35 bits per heavy atom. The number of anilines is 1. The van der Waals surface area contributed by atoms with Gasteiger partial charge in [-0.3, -0.25) is 4.79 Å². The number of carbonyl (C=O) groups excluding carboxylic acids is 1. The van der Waals surface area contributed by atoms with Crippen molar-refractivity contribution in [2.24, 2.45) is 0 Å².